The maximum Gasteiger partial charge on any atom is 0.123 e. The zero-order valence-corrected chi connectivity index (χ0v) is 10.5. The molecule has 0 aliphatic carbocycles. The Morgan fingerprint density at radius 1 is 1.06 bits per heavy atom. The number of aromatic hydroxyl groups is 1. The summed E-state index contributed by atoms with van der Waals surface area (Å²) in [4.78, 5) is 0. The fourth-order valence-electron chi connectivity index (χ4n) is 1.88. The Morgan fingerprint density at radius 2 is 1.76 bits per heavy atom. The lowest BCUT2D eigenvalue weighted by molar-refractivity contribution is 0.477. The first-order valence-electron chi connectivity index (χ1n) is 5.78. The number of phenolic OH excluding ortho intramolecular Hbond substituents is 1. The van der Waals surface area contributed by atoms with Crippen LogP contribution < -0.4 is 0 Å². The van der Waals surface area contributed by atoms with Crippen molar-refractivity contribution in [1.29, 1.82) is 0 Å². The van der Waals surface area contributed by atoms with Crippen molar-refractivity contribution in [2.75, 3.05) is 0 Å². The fourth-order valence-corrected chi connectivity index (χ4v) is 2.05. The lowest BCUT2D eigenvalue weighted by atomic mass is 10.0. The maximum absolute atomic E-state index is 9.80. The summed E-state index contributed by atoms with van der Waals surface area (Å²) in [6.07, 6.45) is 2.23. The minimum atomic E-state index is 0.262. The fraction of sp³-hybridized carbons (Fsp3) is 0.200. The molecule has 0 radical (unpaired) electrons. The molecule has 2 aromatic carbocycles. The van der Waals surface area contributed by atoms with Crippen LogP contribution in [-0.2, 0) is 6.42 Å². The standard InChI is InChI=1S/C15H15ClO/c1-2-3-11-4-6-12(7-5-11)14-10-13(16)8-9-15(14)17/h4-10,17H,2-3H2,1H3. The molecule has 0 fully saturated rings. The average Bonchev–Trinajstić information content (AvgIpc) is 2.34. The van der Waals surface area contributed by atoms with Gasteiger partial charge in [-0.15, -0.1) is 0 Å². The lowest BCUT2D eigenvalue weighted by Crippen LogP contribution is -1.84. The second-order valence-electron chi connectivity index (χ2n) is 4.11. The van der Waals surface area contributed by atoms with E-state index >= 15 is 0 Å². The van der Waals surface area contributed by atoms with Crippen molar-refractivity contribution < 1.29 is 5.11 Å². The predicted octanol–water partition coefficient (Wildman–Crippen LogP) is 4.67. The second-order valence-corrected chi connectivity index (χ2v) is 4.54. The van der Waals surface area contributed by atoms with Crippen LogP contribution in [0.5, 0.6) is 5.75 Å². The zero-order valence-electron chi connectivity index (χ0n) is 9.78. The first kappa shape index (κ1) is 12.0. The number of hydrogen-bond donors (Lipinski definition) is 1. The summed E-state index contributed by atoms with van der Waals surface area (Å²) in [6, 6.07) is 13.3. The summed E-state index contributed by atoms with van der Waals surface area (Å²) < 4.78 is 0. The Labute approximate surface area is 107 Å². The lowest BCUT2D eigenvalue weighted by Gasteiger charge is -2.06. The van der Waals surface area contributed by atoms with Gasteiger partial charge in [0.1, 0.15) is 5.75 Å². The molecule has 0 saturated carbocycles. The third-order valence-electron chi connectivity index (χ3n) is 2.76. The van der Waals surface area contributed by atoms with E-state index in [1.807, 2.05) is 12.1 Å². The largest absolute Gasteiger partial charge is 0.507 e. The highest BCUT2D eigenvalue weighted by Crippen LogP contribution is 2.31. The van der Waals surface area contributed by atoms with E-state index in [4.69, 9.17) is 11.6 Å². The Bertz CT molecular complexity index is 503. The van der Waals surface area contributed by atoms with Gasteiger partial charge >= 0.3 is 0 Å². The molecule has 0 aliphatic heterocycles. The molecule has 0 amide bonds. The van der Waals surface area contributed by atoms with E-state index < -0.39 is 0 Å². The van der Waals surface area contributed by atoms with Crippen LogP contribution in [0.3, 0.4) is 0 Å². The molecule has 0 heterocycles. The molecular formula is C15H15ClO. The Kier molecular flexibility index (Phi) is 3.70. The maximum atomic E-state index is 9.80. The minimum Gasteiger partial charge on any atom is -0.507 e. The minimum absolute atomic E-state index is 0.262. The Hall–Kier alpha value is -1.47. The summed E-state index contributed by atoms with van der Waals surface area (Å²) in [5.74, 6) is 0.262. The highest BCUT2D eigenvalue weighted by Gasteiger charge is 2.04. The van der Waals surface area contributed by atoms with Crippen LogP contribution in [0.25, 0.3) is 11.1 Å². The number of hydrogen-bond acceptors (Lipinski definition) is 1. The molecule has 2 heteroatoms. The molecular weight excluding hydrogens is 232 g/mol. The van der Waals surface area contributed by atoms with Crippen LogP contribution >= 0.6 is 11.6 Å². The first-order chi connectivity index (χ1) is 8.20. The van der Waals surface area contributed by atoms with E-state index in [1.165, 1.54) is 5.56 Å². The summed E-state index contributed by atoms with van der Waals surface area (Å²) in [6.45, 7) is 2.16. The van der Waals surface area contributed by atoms with Crippen LogP contribution in [0.4, 0.5) is 0 Å². The Morgan fingerprint density at radius 3 is 2.41 bits per heavy atom. The molecule has 0 saturated heterocycles. The molecule has 88 valence electrons. The summed E-state index contributed by atoms with van der Waals surface area (Å²) >= 11 is 5.94. The first-order valence-corrected chi connectivity index (χ1v) is 6.16. The van der Waals surface area contributed by atoms with E-state index in [2.05, 4.69) is 19.1 Å². The van der Waals surface area contributed by atoms with Crippen LogP contribution in [0.2, 0.25) is 5.02 Å². The van der Waals surface area contributed by atoms with Crippen LogP contribution in [0.15, 0.2) is 42.5 Å². The SMILES string of the molecule is CCCc1ccc(-c2cc(Cl)ccc2O)cc1. The predicted molar refractivity (Wildman–Crippen MR) is 72.5 cm³/mol. The van der Waals surface area contributed by atoms with Gasteiger partial charge in [-0.1, -0.05) is 49.2 Å². The van der Waals surface area contributed by atoms with E-state index in [9.17, 15) is 5.11 Å². The molecule has 0 bridgehead atoms. The van der Waals surface area contributed by atoms with Crippen molar-refractivity contribution in [2.45, 2.75) is 19.8 Å². The number of aryl methyl sites for hydroxylation is 1. The van der Waals surface area contributed by atoms with Gasteiger partial charge in [-0.25, -0.2) is 0 Å². The van der Waals surface area contributed by atoms with Crippen LogP contribution in [-0.4, -0.2) is 5.11 Å². The van der Waals surface area contributed by atoms with Gasteiger partial charge in [-0.3, -0.25) is 0 Å². The molecule has 0 aliphatic rings. The molecule has 2 rings (SSSR count). The van der Waals surface area contributed by atoms with Gasteiger partial charge in [0.2, 0.25) is 0 Å². The number of halogens is 1. The summed E-state index contributed by atoms with van der Waals surface area (Å²) in [5.41, 5.74) is 3.09. The van der Waals surface area contributed by atoms with Crippen molar-refractivity contribution in [3.05, 3.63) is 53.1 Å². The van der Waals surface area contributed by atoms with E-state index in [0.29, 0.717) is 5.02 Å². The summed E-state index contributed by atoms with van der Waals surface area (Å²) in [5, 5.41) is 10.4. The van der Waals surface area contributed by atoms with Gasteiger partial charge in [0.05, 0.1) is 0 Å². The van der Waals surface area contributed by atoms with Gasteiger partial charge < -0.3 is 5.11 Å². The highest BCUT2D eigenvalue weighted by molar-refractivity contribution is 6.31. The molecule has 2 aromatic rings. The molecule has 1 nitrogen and oxygen atoms in total. The molecule has 0 unspecified atom stereocenters. The molecule has 1 N–H and O–H groups in total. The number of benzene rings is 2. The van der Waals surface area contributed by atoms with Crippen molar-refractivity contribution in [1.82, 2.24) is 0 Å². The van der Waals surface area contributed by atoms with Crippen molar-refractivity contribution in [2.24, 2.45) is 0 Å². The smallest absolute Gasteiger partial charge is 0.123 e. The van der Waals surface area contributed by atoms with Crippen LogP contribution in [0.1, 0.15) is 18.9 Å². The topological polar surface area (TPSA) is 20.2 Å². The van der Waals surface area contributed by atoms with E-state index in [1.54, 1.807) is 18.2 Å². The normalized spacial score (nSPS) is 10.5. The average molecular weight is 247 g/mol. The number of rotatable bonds is 3. The molecule has 0 atom stereocenters. The molecule has 0 spiro atoms. The van der Waals surface area contributed by atoms with Gasteiger partial charge in [0.15, 0.2) is 0 Å². The van der Waals surface area contributed by atoms with Crippen molar-refractivity contribution in [3.8, 4) is 16.9 Å². The van der Waals surface area contributed by atoms with E-state index in [0.717, 1.165) is 24.0 Å². The van der Waals surface area contributed by atoms with Gasteiger partial charge in [-0.2, -0.15) is 0 Å². The van der Waals surface area contributed by atoms with Gasteiger partial charge in [0, 0.05) is 10.6 Å². The van der Waals surface area contributed by atoms with Crippen molar-refractivity contribution in [3.63, 3.8) is 0 Å². The second kappa shape index (κ2) is 5.24. The van der Waals surface area contributed by atoms with E-state index in [-0.39, 0.29) is 5.75 Å². The zero-order chi connectivity index (χ0) is 12.3. The molecule has 0 aromatic heterocycles. The highest BCUT2D eigenvalue weighted by atomic mass is 35.5. The van der Waals surface area contributed by atoms with Gasteiger partial charge in [0.25, 0.3) is 0 Å². The van der Waals surface area contributed by atoms with Crippen molar-refractivity contribution >= 4 is 11.6 Å². The monoisotopic (exact) mass is 246 g/mol. The number of phenols is 1. The third kappa shape index (κ3) is 2.80. The Balaban J connectivity index is 2.36. The summed E-state index contributed by atoms with van der Waals surface area (Å²) in [7, 11) is 0. The van der Waals surface area contributed by atoms with Gasteiger partial charge in [-0.05, 0) is 35.7 Å². The quantitative estimate of drug-likeness (QED) is 0.835. The molecule has 17 heavy (non-hydrogen) atoms. The van der Waals surface area contributed by atoms with Crippen LogP contribution in [0, 0.1) is 0 Å². The third-order valence-corrected chi connectivity index (χ3v) is 3.00.